The lowest BCUT2D eigenvalue weighted by molar-refractivity contribution is 0.103. The van der Waals surface area contributed by atoms with Crippen molar-refractivity contribution in [2.24, 2.45) is 5.92 Å². The number of hydrogen-bond acceptors (Lipinski definition) is 3. The molecular formula is C18H30N2O. The second-order valence-corrected chi connectivity index (χ2v) is 6.20. The first-order valence-corrected chi connectivity index (χ1v) is 8.29. The number of ether oxygens (including phenoxy) is 1. The van der Waals surface area contributed by atoms with Gasteiger partial charge in [-0.2, -0.15) is 0 Å². The number of hydrogen-bond donors (Lipinski definition) is 1. The molecule has 2 rings (SSSR count). The Bertz CT molecular complexity index is 418. The van der Waals surface area contributed by atoms with E-state index in [1.807, 2.05) is 6.92 Å². The molecule has 1 saturated heterocycles. The van der Waals surface area contributed by atoms with Gasteiger partial charge in [-0.05, 0) is 63.9 Å². The second kappa shape index (κ2) is 7.81. The van der Waals surface area contributed by atoms with Crippen molar-refractivity contribution in [1.82, 2.24) is 10.2 Å². The monoisotopic (exact) mass is 290 g/mol. The molecule has 118 valence electrons. The molecular weight excluding hydrogens is 260 g/mol. The van der Waals surface area contributed by atoms with Crippen LogP contribution in [-0.4, -0.2) is 37.7 Å². The van der Waals surface area contributed by atoms with Gasteiger partial charge < -0.3 is 10.1 Å². The number of nitrogens with zero attached hydrogens (tertiary/aromatic N) is 1. The van der Waals surface area contributed by atoms with Crippen LogP contribution in [0, 0.1) is 5.92 Å². The molecule has 1 aliphatic heterocycles. The molecule has 3 heteroatoms. The Morgan fingerprint density at radius 1 is 1.29 bits per heavy atom. The van der Waals surface area contributed by atoms with E-state index in [1.165, 1.54) is 24.9 Å². The summed E-state index contributed by atoms with van der Waals surface area (Å²) >= 11 is 0. The van der Waals surface area contributed by atoms with Crippen molar-refractivity contribution in [3.8, 4) is 5.75 Å². The zero-order valence-corrected chi connectivity index (χ0v) is 13.9. The van der Waals surface area contributed by atoms with Crippen LogP contribution in [0.5, 0.6) is 5.75 Å². The van der Waals surface area contributed by atoms with Gasteiger partial charge in [-0.15, -0.1) is 0 Å². The Labute approximate surface area is 129 Å². The molecule has 1 N–H and O–H groups in total. The normalized spacial score (nSPS) is 24.8. The highest BCUT2D eigenvalue weighted by atomic mass is 16.5. The Morgan fingerprint density at radius 3 is 2.62 bits per heavy atom. The number of likely N-dealkylation sites (tertiary alicyclic amines) is 1. The van der Waals surface area contributed by atoms with Gasteiger partial charge in [0, 0.05) is 18.6 Å². The lowest BCUT2D eigenvalue weighted by Gasteiger charge is -2.39. The SMILES string of the molecule is CCOc1ccc(C(CN2CCCC(C)C2C)NC)cc1. The Balaban J connectivity index is 2.01. The third-order valence-corrected chi connectivity index (χ3v) is 4.86. The van der Waals surface area contributed by atoms with Crippen molar-refractivity contribution in [3.05, 3.63) is 29.8 Å². The Kier molecular flexibility index (Phi) is 6.07. The number of likely N-dealkylation sites (N-methyl/N-ethyl adjacent to an activating group) is 1. The summed E-state index contributed by atoms with van der Waals surface area (Å²) in [6.07, 6.45) is 2.69. The van der Waals surface area contributed by atoms with Gasteiger partial charge >= 0.3 is 0 Å². The molecule has 0 aliphatic carbocycles. The van der Waals surface area contributed by atoms with E-state index in [9.17, 15) is 0 Å². The molecule has 0 amide bonds. The zero-order chi connectivity index (χ0) is 15.2. The quantitative estimate of drug-likeness (QED) is 0.868. The molecule has 3 unspecified atom stereocenters. The van der Waals surface area contributed by atoms with Crippen LogP contribution in [0.2, 0.25) is 0 Å². The minimum atomic E-state index is 0.383. The molecule has 1 heterocycles. The van der Waals surface area contributed by atoms with Gasteiger partial charge in [0.2, 0.25) is 0 Å². The molecule has 3 atom stereocenters. The highest BCUT2D eigenvalue weighted by Gasteiger charge is 2.26. The second-order valence-electron chi connectivity index (χ2n) is 6.20. The molecule has 0 bridgehead atoms. The van der Waals surface area contributed by atoms with Crippen molar-refractivity contribution in [2.75, 3.05) is 26.7 Å². The molecule has 21 heavy (non-hydrogen) atoms. The van der Waals surface area contributed by atoms with E-state index in [4.69, 9.17) is 4.74 Å². The van der Waals surface area contributed by atoms with Crippen LogP contribution in [0.25, 0.3) is 0 Å². The smallest absolute Gasteiger partial charge is 0.119 e. The average Bonchev–Trinajstić information content (AvgIpc) is 2.50. The largest absolute Gasteiger partial charge is 0.494 e. The van der Waals surface area contributed by atoms with E-state index in [0.29, 0.717) is 12.1 Å². The van der Waals surface area contributed by atoms with Crippen molar-refractivity contribution >= 4 is 0 Å². The topological polar surface area (TPSA) is 24.5 Å². The summed E-state index contributed by atoms with van der Waals surface area (Å²) in [5, 5.41) is 3.47. The van der Waals surface area contributed by atoms with Crippen LogP contribution in [0.15, 0.2) is 24.3 Å². The molecule has 1 aromatic carbocycles. The lowest BCUT2D eigenvalue weighted by Crippen LogP contribution is -2.45. The van der Waals surface area contributed by atoms with Gasteiger partial charge in [-0.3, -0.25) is 4.90 Å². The van der Waals surface area contributed by atoms with E-state index in [1.54, 1.807) is 0 Å². The summed E-state index contributed by atoms with van der Waals surface area (Å²) in [7, 11) is 2.05. The summed E-state index contributed by atoms with van der Waals surface area (Å²) in [4.78, 5) is 2.63. The van der Waals surface area contributed by atoms with Crippen LogP contribution < -0.4 is 10.1 Å². The van der Waals surface area contributed by atoms with E-state index in [-0.39, 0.29) is 0 Å². The number of benzene rings is 1. The van der Waals surface area contributed by atoms with Crippen molar-refractivity contribution in [3.63, 3.8) is 0 Å². The van der Waals surface area contributed by atoms with Gasteiger partial charge in [-0.25, -0.2) is 0 Å². The van der Waals surface area contributed by atoms with E-state index in [0.717, 1.165) is 24.8 Å². The molecule has 3 nitrogen and oxygen atoms in total. The van der Waals surface area contributed by atoms with E-state index in [2.05, 4.69) is 55.4 Å². The van der Waals surface area contributed by atoms with Gasteiger partial charge in [0.1, 0.15) is 5.75 Å². The van der Waals surface area contributed by atoms with Gasteiger partial charge in [0.05, 0.1) is 6.61 Å². The van der Waals surface area contributed by atoms with Gasteiger partial charge in [0.25, 0.3) is 0 Å². The standard InChI is InChI=1S/C18H30N2O/c1-5-21-17-10-8-16(9-11-17)18(19-4)13-20-12-6-7-14(2)15(20)3/h8-11,14-15,18-19H,5-7,12-13H2,1-4H3. The molecule has 0 radical (unpaired) electrons. The Hall–Kier alpha value is -1.06. The maximum atomic E-state index is 5.52. The van der Waals surface area contributed by atoms with Crippen molar-refractivity contribution in [1.29, 1.82) is 0 Å². The highest BCUT2D eigenvalue weighted by molar-refractivity contribution is 5.29. The lowest BCUT2D eigenvalue weighted by atomic mass is 9.91. The fraction of sp³-hybridized carbons (Fsp3) is 0.667. The van der Waals surface area contributed by atoms with E-state index < -0.39 is 0 Å². The first-order valence-electron chi connectivity index (χ1n) is 8.29. The summed E-state index contributed by atoms with van der Waals surface area (Å²) in [5.74, 6) is 1.76. The minimum absolute atomic E-state index is 0.383. The molecule has 0 aromatic heterocycles. The van der Waals surface area contributed by atoms with Crippen LogP contribution in [0.1, 0.15) is 45.2 Å². The van der Waals surface area contributed by atoms with Crippen LogP contribution in [0.4, 0.5) is 0 Å². The fourth-order valence-corrected chi connectivity index (χ4v) is 3.24. The molecule has 1 aliphatic rings. The molecule has 1 aromatic rings. The first-order chi connectivity index (χ1) is 10.2. The predicted molar refractivity (Wildman–Crippen MR) is 88.8 cm³/mol. The third kappa shape index (κ3) is 4.21. The average molecular weight is 290 g/mol. The number of nitrogens with one attached hydrogen (secondary N) is 1. The molecule has 0 saturated carbocycles. The Morgan fingerprint density at radius 2 is 2.00 bits per heavy atom. The van der Waals surface area contributed by atoms with Crippen LogP contribution in [0.3, 0.4) is 0 Å². The third-order valence-electron chi connectivity index (χ3n) is 4.86. The number of piperidine rings is 1. The highest BCUT2D eigenvalue weighted by Crippen LogP contribution is 2.26. The summed E-state index contributed by atoms with van der Waals surface area (Å²) in [6.45, 7) is 9.79. The maximum Gasteiger partial charge on any atom is 0.119 e. The van der Waals surface area contributed by atoms with E-state index >= 15 is 0 Å². The molecule has 1 fully saturated rings. The molecule has 0 spiro atoms. The van der Waals surface area contributed by atoms with Crippen molar-refractivity contribution < 1.29 is 4.74 Å². The minimum Gasteiger partial charge on any atom is -0.494 e. The number of rotatable bonds is 6. The van der Waals surface area contributed by atoms with Gasteiger partial charge in [-0.1, -0.05) is 19.1 Å². The predicted octanol–water partition coefficient (Wildman–Crippen LogP) is 3.47. The summed E-state index contributed by atoms with van der Waals surface area (Å²) in [5.41, 5.74) is 1.34. The van der Waals surface area contributed by atoms with Crippen molar-refractivity contribution in [2.45, 2.75) is 45.7 Å². The fourth-order valence-electron chi connectivity index (χ4n) is 3.24. The van der Waals surface area contributed by atoms with Gasteiger partial charge in [0.15, 0.2) is 0 Å². The van der Waals surface area contributed by atoms with Crippen LogP contribution >= 0.6 is 0 Å². The first kappa shape index (κ1) is 16.3. The summed E-state index contributed by atoms with van der Waals surface area (Å²) in [6, 6.07) is 9.58. The summed E-state index contributed by atoms with van der Waals surface area (Å²) < 4.78 is 5.52. The maximum absolute atomic E-state index is 5.52. The van der Waals surface area contributed by atoms with Crippen LogP contribution in [-0.2, 0) is 0 Å². The zero-order valence-electron chi connectivity index (χ0n) is 13.9.